The van der Waals surface area contributed by atoms with Crippen LogP contribution in [0.25, 0.3) is 0 Å². The Kier molecular flexibility index (Phi) is 2.78. The molecule has 64 valence electrons. The van der Waals surface area contributed by atoms with Gasteiger partial charge in [-0.2, -0.15) is 5.10 Å². The molecule has 0 aliphatic heterocycles. The van der Waals surface area contributed by atoms with Crippen LogP contribution < -0.4 is 11.6 Å². The van der Waals surface area contributed by atoms with Crippen LogP contribution in [-0.2, 0) is 0 Å². The number of nitrogens with two attached hydrogens (primary N) is 2. The van der Waals surface area contributed by atoms with Crippen molar-refractivity contribution in [3.05, 3.63) is 33.8 Å². The third kappa shape index (κ3) is 1.62. The Labute approximate surface area is 79.9 Å². The standard InChI is InChI=1S/C7H7Cl2N3/c8-5-3-1-2-4(6(5)9)7(10)12-11/h1-3H,11H2,(H2,10,12). The van der Waals surface area contributed by atoms with Gasteiger partial charge >= 0.3 is 0 Å². The van der Waals surface area contributed by atoms with E-state index in [2.05, 4.69) is 5.10 Å². The molecule has 0 unspecified atom stereocenters. The summed E-state index contributed by atoms with van der Waals surface area (Å²) in [5.41, 5.74) is 5.99. The normalized spacial score (nSPS) is 11.7. The Morgan fingerprint density at radius 1 is 1.33 bits per heavy atom. The van der Waals surface area contributed by atoms with Crippen molar-refractivity contribution in [3.8, 4) is 0 Å². The van der Waals surface area contributed by atoms with Crippen molar-refractivity contribution in [2.75, 3.05) is 0 Å². The van der Waals surface area contributed by atoms with Crippen LogP contribution in [0.3, 0.4) is 0 Å². The van der Waals surface area contributed by atoms with Crippen LogP contribution in [0.15, 0.2) is 23.3 Å². The minimum Gasteiger partial charge on any atom is -0.382 e. The maximum atomic E-state index is 5.82. The number of hydrogen-bond donors (Lipinski definition) is 2. The predicted molar refractivity (Wildman–Crippen MR) is 51.4 cm³/mol. The van der Waals surface area contributed by atoms with E-state index in [9.17, 15) is 0 Å². The molecular formula is C7H7Cl2N3. The van der Waals surface area contributed by atoms with E-state index >= 15 is 0 Å². The van der Waals surface area contributed by atoms with Crippen LogP contribution in [0.1, 0.15) is 5.56 Å². The molecule has 0 aromatic heterocycles. The zero-order valence-corrected chi connectivity index (χ0v) is 7.60. The first-order chi connectivity index (χ1) is 5.66. The van der Waals surface area contributed by atoms with Gasteiger partial charge in [-0.15, -0.1) is 0 Å². The lowest BCUT2D eigenvalue weighted by Gasteiger charge is -2.02. The zero-order valence-electron chi connectivity index (χ0n) is 6.09. The molecular weight excluding hydrogens is 197 g/mol. The highest BCUT2D eigenvalue weighted by Gasteiger charge is 2.06. The van der Waals surface area contributed by atoms with Gasteiger partial charge in [0.25, 0.3) is 0 Å². The van der Waals surface area contributed by atoms with E-state index < -0.39 is 0 Å². The largest absolute Gasteiger partial charge is 0.382 e. The molecule has 0 atom stereocenters. The van der Waals surface area contributed by atoms with E-state index in [-0.39, 0.29) is 5.84 Å². The summed E-state index contributed by atoms with van der Waals surface area (Å²) in [7, 11) is 0. The van der Waals surface area contributed by atoms with E-state index in [1.54, 1.807) is 18.2 Å². The number of amidine groups is 1. The van der Waals surface area contributed by atoms with Crippen molar-refractivity contribution in [2.45, 2.75) is 0 Å². The first kappa shape index (κ1) is 9.16. The maximum Gasteiger partial charge on any atom is 0.151 e. The molecule has 0 fully saturated rings. The molecule has 3 nitrogen and oxygen atoms in total. The molecule has 0 bridgehead atoms. The lowest BCUT2D eigenvalue weighted by Crippen LogP contribution is -2.15. The van der Waals surface area contributed by atoms with Crippen molar-refractivity contribution < 1.29 is 0 Å². The van der Waals surface area contributed by atoms with Crippen molar-refractivity contribution in [1.82, 2.24) is 0 Å². The molecule has 5 heteroatoms. The highest BCUT2D eigenvalue weighted by molar-refractivity contribution is 6.43. The number of nitrogens with zero attached hydrogens (tertiary/aromatic N) is 1. The van der Waals surface area contributed by atoms with Crippen LogP contribution in [0.4, 0.5) is 0 Å². The van der Waals surface area contributed by atoms with Crippen molar-refractivity contribution in [2.24, 2.45) is 16.7 Å². The summed E-state index contributed by atoms with van der Waals surface area (Å²) in [6.45, 7) is 0. The van der Waals surface area contributed by atoms with E-state index in [1.807, 2.05) is 0 Å². The van der Waals surface area contributed by atoms with Crippen molar-refractivity contribution in [1.29, 1.82) is 0 Å². The fraction of sp³-hybridized carbons (Fsp3) is 0. The van der Waals surface area contributed by atoms with Crippen molar-refractivity contribution in [3.63, 3.8) is 0 Å². The summed E-state index contributed by atoms with van der Waals surface area (Å²) in [6, 6.07) is 5.08. The van der Waals surface area contributed by atoms with Gasteiger partial charge in [0.2, 0.25) is 0 Å². The lowest BCUT2D eigenvalue weighted by molar-refractivity contribution is 1.23. The molecule has 0 saturated carbocycles. The summed E-state index contributed by atoms with van der Waals surface area (Å²) in [4.78, 5) is 0. The number of hydrazone groups is 1. The van der Waals surface area contributed by atoms with Crippen LogP contribution in [0, 0.1) is 0 Å². The molecule has 0 spiro atoms. The van der Waals surface area contributed by atoms with Crippen molar-refractivity contribution >= 4 is 29.0 Å². The van der Waals surface area contributed by atoms with Gasteiger partial charge in [-0.1, -0.05) is 29.3 Å². The third-order valence-corrected chi connectivity index (χ3v) is 2.19. The highest BCUT2D eigenvalue weighted by atomic mass is 35.5. The van der Waals surface area contributed by atoms with Gasteiger partial charge in [-0.25, -0.2) is 0 Å². The molecule has 1 aromatic rings. The molecule has 12 heavy (non-hydrogen) atoms. The quantitative estimate of drug-likeness (QED) is 0.315. The zero-order chi connectivity index (χ0) is 9.14. The van der Waals surface area contributed by atoms with Gasteiger partial charge in [-0.05, 0) is 12.1 Å². The first-order valence-corrected chi connectivity index (χ1v) is 3.90. The summed E-state index contributed by atoms with van der Waals surface area (Å²) in [5.74, 6) is 5.15. The number of rotatable bonds is 1. The molecule has 4 N–H and O–H groups in total. The van der Waals surface area contributed by atoms with Gasteiger partial charge in [0.05, 0.1) is 10.0 Å². The number of benzene rings is 1. The number of hydrogen-bond acceptors (Lipinski definition) is 2. The Hall–Kier alpha value is -0.930. The molecule has 0 saturated heterocycles. The molecule has 0 amide bonds. The number of halogens is 2. The summed E-state index contributed by atoms with van der Waals surface area (Å²) < 4.78 is 0. The smallest absolute Gasteiger partial charge is 0.151 e. The Morgan fingerprint density at radius 3 is 2.58 bits per heavy atom. The second-order valence-electron chi connectivity index (χ2n) is 2.12. The molecule has 1 aromatic carbocycles. The van der Waals surface area contributed by atoms with E-state index in [1.165, 1.54) is 0 Å². The monoisotopic (exact) mass is 203 g/mol. The average Bonchev–Trinajstić information content (AvgIpc) is 2.08. The molecule has 0 aliphatic carbocycles. The summed E-state index contributed by atoms with van der Waals surface area (Å²) in [5, 5.41) is 4.11. The van der Waals surface area contributed by atoms with Crippen LogP contribution in [0.5, 0.6) is 0 Å². The van der Waals surface area contributed by atoms with Crippen LogP contribution in [-0.4, -0.2) is 5.84 Å². The third-order valence-electron chi connectivity index (χ3n) is 1.37. The van der Waals surface area contributed by atoms with E-state index in [0.717, 1.165) is 0 Å². The minimum atomic E-state index is 0.169. The summed E-state index contributed by atoms with van der Waals surface area (Å²) >= 11 is 11.6. The predicted octanol–water partition coefficient (Wildman–Crippen LogP) is 1.57. The van der Waals surface area contributed by atoms with E-state index in [4.69, 9.17) is 34.8 Å². The SMILES string of the molecule is N/N=C(/N)c1cccc(Cl)c1Cl. The second-order valence-corrected chi connectivity index (χ2v) is 2.90. The minimum absolute atomic E-state index is 0.169. The van der Waals surface area contributed by atoms with Crippen LogP contribution in [0.2, 0.25) is 10.0 Å². The fourth-order valence-corrected chi connectivity index (χ4v) is 1.17. The van der Waals surface area contributed by atoms with Gasteiger partial charge in [0.1, 0.15) is 0 Å². The lowest BCUT2D eigenvalue weighted by atomic mass is 10.2. The topological polar surface area (TPSA) is 64.4 Å². The van der Waals surface area contributed by atoms with Gasteiger partial charge in [-0.3, -0.25) is 0 Å². The molecule has 0 heterocycles. The highest BCUT2D eigenvalue weighted by Crippen LogP contribution is 2.24. The van der Waals surface area contributed by atoms with Gasteiger partial charge < -0.3 is 11.6 Å². The maximum absolute atomic E-state index is 5.82. The van der Waals surface area contributed by atoms with Gasteiger partial charge in [0.15, 0.2) is 5.84 Å². The van der Waals surface area contributed by atoms with Crippen LogP contribution >= 0.6 is 23.2 Å². The Morgan fingerprint density at radius 2 is 2.00 bits per heavy atom. The fourth-order valence-electron chi connectivity index (χ4n) is 0.771. The summed E-state index contributed by atoms with van der Waals surface area (Å²) in [6.07, 6.45) is 0. The second kappa shape index (κ2) is 3.65. The van der Waals surface area contributed by atoms with Gasteiger partial charge in [0, 0.05) is 5.56 Å². The Balaban J connectivity index is 3.26. The van der Waals surface area contributed by atoms with E-state index in [0.29, 0.717) is 15.6 Å². The molecule has 0 aliphatic rings. The molecule has 1 rings (SSSR count). The first-order valence-electron chi connectivity index (χ1n) is 3.14. The Bertz CT molecular complexity index is 322. The molecule has 0 radical (unpaired) electrons. The average molecular weight is 204 g/mol.